The van der Waals surface area contributed by atoms with E-state index < -0.39 is 11.8 Å². The van der Waals surface area contributed by atoms with Crippen LogP contribution in [0.1, 0.15) is 21.5 Å². The van der Waals surface area contributed by atoms with Gasteiger partial charge in [-0.15, -0.1) is 0 Å². The number of amides is 2. The molecule has 0 aliphatic heterocycles. The van der Waals surface area contributed by atoms with Gasteiger partial charge in [-0.2, -0.15) is 0 Å². The molecule has 2 amide bonds. The zero-order chi connectivity index (χ0) is 20.5. The van der Waals surface area contributed by atoms with Crippen molar-refractivity contribution in [3.63, 3.8) is 0 Å². The van der Waals surface area contributed by atoms with Gasteiger partial charge in [0.25, 0.3) is 5.91 Å². The van der Waals surface area contributed by atoms with Crippen LogP contribution in [0.15, 0.2) is 48.5 Å². The van der Waals surface area contributed by atoms with Crippen molar-refractivity contribution < 1.29 is 19.1 Å². The van der Waals surface area contributed by atoms with Gasteiger partial charge in [-0.1, -0.05) is 29.8 Å². The third-order valence-corrected chi connectivity index (χ3v) is 3.88. The smallest absolute Gasteiger partial charge is 0.269 e. The third-order valence-electron chi connectivity index (χ3n) is 3.68. The first-order valence-corrected chi connectivity index (χ1v) is 8.72. The number of ether oxygens (including phenoxy) is 2. The summed E-state index contributed by atoms with van der Waals surface area (Å²) >= 11 is 5.00. The number of carbonyl (C=O) groups excluding carboxylic acids is 2. The molecule has 0 heterocycles. The van der Waals surface area contributed by atoms with E-state index in [1.807, 2.05) is 31.2 Å². The Bertz CT molecular complexity index is 895. The maximum Gasteiger partial charge on any atom is 0.269 e. The Morgan fingerprint density at radius 3 is 2.29 bits per heavy atom. The second kappa shape index (κ2) is 10.1. The van der Waals surface area contributed by atoms with Crippen LogP contribution < -0.4 is 25.6 Å². The topological polar surface area (TPSA) is 88.7 Å². The number of thiocarbonyl (C=S) groups is 1. The van der Waals surface area contributed by atoms with Gasteiger partial charge in [-0.05, 0) is 49.0 Å². The molecule has 0 saturated heterocycles. The van der Waals surface area contributed by atoms with Crippen LogP contribution in [0.3, 0.4) is 0 Å². The maximum absolute atomic E-state index is 12.2. The summed E-state index contributed by atoms with van der Waals surface area (Å²) in [7, 11) is 2.99. The monoisotopic (exact) mass is 399 g/mol. The summed E-state index contributed by atoms with van der Waals surface area (Å²) in [5, 5.41) is 2.41. The molecule has 28 heavy (non-hydrogen) atoms. The molecule has 0 aliphatic carbocycles. The van der Waals surface area contributed by atoms with Crippen molar-refractivity contribution >= 4 is 35.2 Å². The van der Waals surface area contributed by atoms with Gasteiger partial charge >= 0.3 is 0 Å². The van der Waals surface area contributed by atoms with E-state index in [0.717, 1.165) is 11.1 Å². The van der Waals surface area contributed by atoms with E-state index in [0.29, 0.717) is 17.1 Å². The van der Waals surface area contributed by atoms with Gasteiger partial charge in [-0.3, -0.25) is 25.8 Å². The van der Waals surface area contributed by atoms with Gasteiger partial charge in [0.15, 0.2) is 16.6 Å². The summed E-state index contributed by atoms with van der Waals surface area (Å²) in [6.45, 7) is 1.99. The SMILES string of the molecule is COc1ccc(C(=O)NNC(=S)NC(=O)C=Cc2ccc(C)cc2)cc1OC. The fourth-order valence-corrected chi connectivity index (χ4v) is 2.35. The average molecular weight is 399 g/mol. The predicted molar refractivity (Wildman–Crippen MR) is 111 cm³/mol. The minimum Gasteiger partial charge on any atom is -0.493 e. The van der Waals surface area contributed by atoms with Crippen LogP contribution in [0.2, 0.25) is 0 Å². The highest BCUT2D eigenvalue weighted by Crippen LogP contribution is 2.27. The Morgan fingerprint density at radius 2 is 1.64 bits per heavy atom. The number of methoxy groups -OCH3 is 2. The highest BCUT2D eigenvalue weighted by molar-refractivity contribution is 7.80. The van der Waals surface area contributed by atoms with E-state index in [2.05, 4.69) is 16.2 Å². The maximum atomic E-state index is 12.2. The Hall–Kier alpha value is -3.39. The number of benzene rings is 2. The molecule has 0 aliphatic rings. The zero-order valence-electron chi connectivity index (χ0n) is 15.7. The van der Waals surface area contributed by atoms with Crippen molar-refractivity contribution in [3.8, 4) is 11.5 Å². The highest BCUT2D eigenvalue weighted by Gasteiger charge is 2.11. The van der Waals surface area contributed by atoms with Gasteiger partial charge in [0.05, 0.1) is 14.2 Å². The first kappa shape index (κ1) is 20.9. The first-order chi connectivity index (χ1) is 13.4. The summed E-state index contributed by atoms with van der Waals surface area (Å²) in [5.74, 6) is 0.0635. The number of hydrazine groups is 1. The summed E-state index contributed by atoms with van der Waals surface area (Å²) in [4.78, 5) is 24.1. The van der Waals surface area contributed by atoms with E-state index in [-0.39, 0.29) is 5.11 Å². The number of hydrogen-bond acceptors (Lipinski definition) is 5. The predicted octanol–water partition coefficient (Wildman–Crippen LogP) is 2.36. The fraction of sp³-hybridized carbons (Fsp3) is 0.150. The second-order valence-electron chi connectivity index (χ2n) is 5.71. The molecule has 0 atom stereocenters. The number of rotatable bonds is 5. The van der Waals surface area contributed by atoms with E-state index >= 15 is 0 Å². The summed E-state index contributed by atoms with van der Waals surface area (Å²) < 4.78 is 10.3. The molecule has 0 spiro atoms. The Kier molecular flexibility index (Phi) is 7.53. The minimum absolute atomic E-state index is 0.0348. The summed E-state index contributed by atoms with van der Waals surface area (Å²) in [6, 6.07) is 12.4. The minimum atomic E-state index is -0.451. The van der Waals surface area contributed by atoms with Gasteiger partial charge in [0.2, 0.25) is 5.91 Å². The largest absolute Gasteiger partial charge is 0.493 e. The van der Waals surface area contributed by atoms with Crippen LogP contribution in [-0.2, 0) is 4.79 Å². The standard InChI is InChI=1S/C20H21N3O4S/c1-13-4-6-14(7-5-13)8-11-18(24)21-20(28)23-22-19(25)15-9-10-16(26-2)17(12-15)27-3/h4-12H,1-3H3,(H,22,25)(H2,21,23,24,28). The van der Waals surface area contributed by atoms with Gasteiger partial charge in [0.1, 0.15) is 0 Å². The van der Waals surface area contributed by atoms with Crippen molar-refractivity contribution in [1.29, 1.82) is 0 Å². The van der Waals surface area contributed by atoms with Gasteiger partial charge in [0, 0.05) is 11.6 Å². The van der Waals surface area contributed by atoms with Crippen molar-refractivity contribution in [1.82, 2.24) is 16.2 Å². The molecule has 146 valence electrons. The molecule has 0 saturated carbocycles. The normalized spacial score (nSPS) is 10.2. The van der Waals surface area contributed by atoms with Gasteiger partial charge in [-0.25, -0.2) is 0 Å². The van der Waals surface area contributed by atoms with Crippen LogP contribution in [0.5, 0.6) is 11.5 Å². The summed E-state index contributed by atoms with van der Waals surface area (Å²) in [6.07, 6.45) is 3.02. The lowest BCUT2D eigenvalue weighted by molar-refractivity contribution is -0.115. The average Bonchev–Trinajstić information content (AvgIpc) is 2.71. The lowest BCUT2D eigenvalue weighted by Gasteiger charge is -2.11. The molecule has 0 bridgehead atoms. The second-order valence-corrected chi connectivity index (χ2v) is 6.12. The molecular weight excluding hydrogens is 378 g/mol. The molecule has 8 heteroatoms. The third kappa shape index (κ3) is 6.10. The first-order valence-electron chi connectivity index (χ1n) is 8.31. The molecule has 3 N–H and O–H groups in total. The Labute approximate surface area is 168 Å². The van der Waals surface area contributed by atoms with E-state index in [4.69, 9.17) is 21.7 Å². The Morgan fingerprint density at radius 1 is 0.964 bits per heavy atom. The highest BCUT2D eigenvalue weighted by atomic mass is 32.1. The van der Waals surface area contributed by atoms with Crippen molar-refractivity contribution in [2.24, 2.45) is 0 Å². The Balaban J connectivity index is 1.85. The fourth-order valence-electron chi connectivity index (χ4n) is 2.20. The lowest BCUT2D eigenvalue weighted by atomic mass is 10.1. The quantitative estimate of drug-likeness (QED) is 0.406. The molecule has 0 radical (unpaired) electrons. The molecule has 0 aromatic heterocycles. The molecule has 2 rings (SSSR count). The molecule has 2 aromatic carbocycles. The van der Waals surface area contributed by atoms with E-state index in [9.17, 15) is 9.59 Å². The van der Waals surface area contributed by atoms with Crippen molar-refractivity contribution in [3.05, 3.63) is 65.2 Å². The van der Waals surface area contributed by atoms with Crippen LogP contribution in [0.4, 0.5) is 0 Å². The van der Waals surface area contributed by atoms with Crippen molar-refractivity contribution in [2.75, 3.05) is 14.2 Å². The number of hydrogen-bond donors (Lipinski definition) is 3. The van der Waals surface area contributed by atoms with Crippen molar-refractivity contribution in [2.45, 2.75) is 6.92 Å². The van der Waals surface area contributed by atoms with Crippen LogP contribution >= 0.6 is 12.2 Å². The van der Waals surface area contributed by atoms with E-state index in [1.165, 1.54) is 26.4 Å². The van der Waals surface area contributed by atoms with E-state index in [1.54, 1.807) is 18.2 Å². The molecular formula is C20H21N3O4S. The molecule has 0 unspecified atom stereocenters. The summed E-state index contributed by atoms with van der Waals surface area (Å²) in [5.41, 5.74) is 7.24. The number of carbonyl (C=O) groups is 2. The van der Waals surface area contributed by atoms with Gasteiger partial charge < -0.3 is 9.47 Å². The number of nitrogens with one attached hydrogen (secondary N) is 3. The molecule has 7 nitrogen and oxygen atoms in total. The van der Waals surface area contributed by atoms with Crippen LogP contribution in [0, 0.1) is 6.92 Å². The van der Waals surface area contributed by atoms with Crippen LogP contribution in [0.25, 0.3) is 6.08 Å². The lowest BCUT2D eigenvalue weighted by Crippen LogP contribution is -2.48. The molecule has 2 aromatic rings. The molecule has 0 fully saturated rings. The zero-order valence-corrected chi connectivity index (χ0v) is 16.6. The van der Waals surface area contributed by atoms with Crippen LogP contribution in [-0.4, -0.2) is 31.1 Å². The number of aryl methyl sites for hydroxylation is 1.